The van der Waals surface area contributed by atoms with Crippen LogP contribution in [0.25, 0.3) is 0 Å². The van der Waals surface area contributed by atoms with Crippen molar-refractivity contribution in [1.82, 2.24) is 5.32 Å². The third kappa shape index (κ3) is 4.54. The first-order chi connectivity index (χ1) is 9.45. The monoisotopic (exact) mass is 312 g/mol. The Labute approximate surface area is 127 Å². The molecule has 6 heteroatoms. The SMILES string of the molecule is Cc1ccc(C(=O)NCC(C)(C)C(C)C)cc1S(N)(=O)=O. The number of hydrogen-bond donors (Lipinski definition) is 2. The number of nitrogens with one attached hydrogen (secondary N) is 1. The number of hydrogen-bond acceptors (Lipinski definition) is 3. The van der Waals surface area contributed by atoms with Crippen molar-refractivity contribution in [2.75, 3.05) is 6.54 Å². The molecule has 1 rings (SSSR count). The van der Waals surface area contributed by atoms with E-state index in [-0.39, 0.29) is 16.2 Å². The van der Waals surface area contributed by atoms with Gasteiger partial charge >= 0.3 is 0 Å². The number of aryl methyl sites for hydroxylation is 1. The Kier molecular flexibility index (Phi) is 5.17. The van der Waals surface area contributed by atoms with Crippen molar-refractivity contribution in [3.63, 3.8) is 0 Å². The molecule has 0 aromatic heterocycles. The standard InChI is InChI=1S/C15H24N2O3S/c1-10(2)15(4,5)9-17-14(18)12-7-6-11(3)13(8-12)21(16,19)20/h6-8,10H,9H2,1-5H3,(H,17,18)(H2,16,19,20). The predicted molar refractivity (Wildman–Crippen MR) is 83.5 cm³/mol. The van der Waals surface area contributed by atoms with Gasteiger partial charge in [-0.25, -0.2) is 13.6 Å². The summed E-state index contributed by atoms with van der Waals surface area (Å²) in [6, 6.07) is 4.51. The van der Waals surface area contributed by atoms with E-state index in [4.69, 9.17) is 5.14 Å². The molecule has 1 aromatic carbocycles. The lowest BCUT2D eigenvalue weighted by molar-refractivity contribution is 0.0924. The highest BCUT2D eigenvalue weighted by molar-refractivity contribution is 7.89. The molecule has 0 aliphatic rings. The van der Waals surface area contributed by atoms with E-state index < -0.39 is 10.0 Å². The van der Waals surface area contributed by atoms with Gasteiger partial charge in [0.25, 0.3) is 5.91 Å². The Morgan fingerprint density at radius 1 is 1.33 bits per heavy atom. The van der Waals surface area contributed by atoms with Gasteiger partial charge in [-0.05, 0) is 36.0 Å². The minimum atomic E-state index is -3.83. The average Bonchev–Trinajstić information content (AvgIpc) is 2.35. The van der Waals surface area contributed by atoms with Crippen LogP contribution in [-0.4, -0.2) is 20.9 Å². The van der Waals surface area contributed by atoms with Crippen LogP contribution in [0.3, 0.4) is 0 Å². The Hall–Kier alpha value is -1.40. The normalized spacial score (nSPS) is 12.5. The summed E-state index contributed by atoms with van der Waals surface area (Å²) in [5, 5.41) is 7.99. The van der Waals surface area contributed by atoms with Crippen molar-refractivity contribution in [3.05, 3.63) is 29.3 Å². The minimum absolute atomic E-state index is 0.0155. The molecule has 0 unspecified atom stereocenters. The van der Waals surface area contributed by atoms with Crippen LogP contribution in [0.1, 0.15) is 43.6 Å². The summed E-state index contributed by atoms with van der Waals surface area (Å²) in [6.45, 7) is 10.5. The molecule has 0 bridgehead atoms. The number of amides is 1. The van der Waals surface area contributed by atoms with Crippen LogP contribution >= 0.6 is 0 Å². The summed E-state index contributed by atoms with van der Waals surface area (Å²) in [6.07, 6.45) is 0. The maximum atomic E-state index is 12.2. The molecule has 0 atom stereocenters. The Balaban J connectivity index is 2.95. The summed E-state index contributed by atoms with van der Waals surface area (Å²) in [5.74, 6) is 0.115. The first-order valence-electron chi connectivity index (χ1n) is 6.87. The molecule has 1 amide bonds. The molecule has 0 fully saturated rings. The second-order valence-electron chi connectivity index (χ2n) is 6.35. The highest BCUT2D eigenvalue weighted by Crippen LogP contribution is 2.25. The van der Waals surface area contributed by atoms with Gasteiger partial charge < -0.3 is 5.32 Å². The van der Waals surface area contributed by atoms with Gasteiger partial charge in [-0.1, -0.05) is 33.8 Å². The van der Waals surface area contributed by atoms with Crippen molar-refractivity contribution in [1.29, 1.82) is 0 Å². The number of sulfonamides is 1. The van der Waals surface area contributed by atoms with Gasteiger partial charge in [0.2, 0.25) is 10.0 Å². The quantitative estimate of drug-likeness (QED) is 0.872. The van der Waals surface area contributed by atoms with Crippen molar-refractivity contribution >= 4 is 15.9 Å². The zero-order valence-corrected chi connectivity index (χ0v) is 14.0. The van der Waals surface area contributed by atoms with E-state index in [0.29, 0.717) is 23.6 Å². The molecule has 0 heterocycles. The maximum absolute atomic E-state index is 12.2. The van der Waals surface area contributed by atoms with Crippen molar-refractivity contribution < 1.29 is 13.2 Å². The molecule has 1 aromatic rings. The van der Waals surface area contributed by atoms with E-state index in [1.165, 1.54) is 6.07 Å². The molecule has 0 aliphatic carbocycles. The van der Waals surface area contributed by atoms with Crippen LogP contribution in [0, 0.1) is 18.3 Å². The number of rotatable bonds is 5. The van der Waals surface area contributed by atoms with Crippen LogP contribution in [0.4, 0.5) is 0 Å². The number of carbonyl (C=O) groups excluding carboxylic acids is 1. The van der Waals surface area contributed by atoms with E-state index in [1.54, 1.807) is 19.1 Å². The average molecular weight is 312 g/mol. The number of benzene rings is 1. The van der Waals surface area contributed by atoms with E-state index in [0.717, 1.165) is 0 Å². The highest BCUT2D eigenvalue weighted by atomic mass is 32.2. The Morgan fingerprint density at radius 2 is 1.90 bits per heavy atom. The van der Waals surface area contributed by atoms with Crippen molar-refractivity contribution in [2.24, 2.45) is 16.5 Å². The fourth-order valence-corrected chi connectivity index (χ4v) is 2.47. The molecule has 5 nitrogen and oxygen atoms in total. The number of primary sulfonamides is 1. The Morgan fingerprint density at radius 3 is 2.38 bits per heavy atom. The van der Waals surface area contributed by atoms with Crippen molar-refractivity contribution in [2.45, 2.75) is 39.5 Å². The molecular formula is C15H24N2O3S. The van der Waals surface area contributed by atoms with Gasteiger partial charge in [0, 0.05) is 12.1 Å². The topological polar surface area (TPSA) is 89.3 Å². The highest BCUT2D eigenvalue weighted by Gasteiger charge is 2.23. The van der Waals surface area contributed by atoms with Crippen LogP contribution in [0.5, 0.6) is 0 Å². The van der Waals surface area contributed by atoms with Gasteiger partial charge in [-0.2, -0.15) is 0 Å². The lowest BCUT2D eigenvalue weighted by Crippen LogP contribution is -2.37. The van der Waals surface area contributed by atoms with Crippen LogP contribution < -0.4 is 10.5 Å². The summed E-state index contributed by atoms with van der Waals surface area (Å²) >= 11 is 0. The molecular weight excluding hydrogens is 288 g/mol. The predicted octanol–water partition coefficient (Wildman–Crippen LogP) is 2.05. The third-order valence-electron chi connectivity index (χ3n) is 4.02. The Bertz CT molecular complexity index is 634. The molecule has 3 N–H and O–H groups in total. The van der Waals surface area contributed by atoms with E-state index in [1.807, 2.05) is 0 Å². The van der Waals surface area contributed by atoms with Gasteiger partial charge in [-0.3, -0.25) is 4.79 Å². The second kappa shape index (κ2) is 6.15. The summed E-state index contributed by atoms with van der Waals surface area (Å²) < 4.78 is 23.0. The van der Waals surface area contributed by atoms with Crippen molar-refractivity contribution in [3.8, 4) is 0 Å². The molecule has 0 saturated heterocycles. The minimum Gasteiger partial charge on any atom is -0.351 e. The molecule has 21 heavy (non-hydrogen) atoms. The summed E-state index contributed by atoms with van der Waals surface area (Å²) in [4.78, 5) is 12.1. The summed E-state index contributed by atoms with van der Waals surface area (Å²) in [5.41, 5.74) is 0.782. The molecule has 0 aliphatic heterocycles. The zero-order valence-electron chi connectivity index (χ0n) is 13.2. The van der Waals surface area contributed by atoms with Gasteiger partial charge in [0.05, 0.1) is 4.90 Å². The maximum Gasteiger partial charge on any atom is 0.251 e. The van der Waals surface area contributed by atoms with Crippen LogP contribution in [0.15, 0.2) is 23.1 Å². The van der Waals surface area contributed by atoms with Gasteiger partial charge in [0.1, 0.15) is 0 Å². The van der Waals surface area contributed by atoms with E-state index in [2.05, 4.69) is 33.0 Å². The fourth-order valence-electron chi connectivity index (χ4n) is 1.66. The second-order valence-corrected chi connectivity index (χ2v) is 7.88. The molecule has 0 saturated carbocycles. The zero-order chi connectivity index (χ0) is 16.4. The largest absolute Gasteiger partial charge is 0.351 e. The molecule has 0 spiro atoms. The smallest absolute Gasteiger partial charge is 0.251 e. The third-order valence-corrected chi connectivity index (χ3v) is 5.08. The van der Waals surface area contributed by atoms with Gasteiger partial charge in [0.15, 0.2) is 0 Å². The molecule has 0 radical (unpaired) electrons. The molecule has 118 valence electrons. The van der Waals surface area contributed by atoms with Crippen LogP contribution in [-0.2, 0) is 10.0 Å². The lowest BCUT2D eigenvalue weighted by Gasteiger charge is -2.29. The first-order valence-corrected chi connectivity index (χ1v) is 8.41. The number of carbonyl (C=O) groups is 1. The van der Waals surface area contributed by atoms with Gasteiger partial charge in [-0.15, -0.1) is 0 Å². The lowest BCUT2D eigenvalue weighted by atomic mass is 9.81. The van der Waals surface area contributed by atoms with Crippen LogP contribution in [0.2, 0.25) is 0 Å². The van der Waals surface area contributed by atoms with E-state index in [9.17, 15) is 13.2 Å². The first kappa shape index (κ1) is 17.7. The number of nitrogens with two attached hydrogens (primary N) is 1. The van der Waals surface area contributed by atoms with E-state index >= 15 is 0 Å². The fraction of sp³-hybridized carbons (Fsp3) is 0.533. The summed E-state index contributed by atoms with van der Waals surface area (Å²) in [7, 11) is -3.83.